The van der Waals surface area contributed by atoms with Gasteiger partial charge in [-0.1, -0.05) is 48.9 Å². The van der Waals surface area contributed by atoms with Crippen molar-refractivity contribution < 1.29 is 0 Å². The second-order valence-corrected chi connectivity index (χ2v) is 8.77. The Bertz CT molecular complexity index is 808. The van der Waals surface area contributed by atoms with Crippen molar-refractivity contribution in [3.8, 4) is 11.1 Å². The lowest BCUT2D eigenvalue weighted by molar-refractivity contribution is 0.238. The number of rotatable bonds is 3. The van der Waals surface area contributed by atoms with Crippen molar-refractivity contribution in [3.05, 3.63) is 58.1 Å². The molecule has 2 atom stereocenters. The van der Waals surface area contributed by atoms with Gasteiger partial charge in [-0.15, -0.1) is 0 Å². The molecule has 0 radical (unpaired) electrons. The maximum absolute atomic E-state index is 6.55. The van der Waals surface area contributed by atoms with Gasteiger partial charge in [-0.25, -0.2) is 0 Å². The summed E-state index contributed by atoms with van der Waals surface area (Å²) in [6, 6.07) is 14.4. The smallest absolute Gasteiger partial charge is 0.0446 e. The zero-order valence-corrected chi connectivity index (χ0v) is 15.7. The van der Waals surface area contributed by atoms with Crippen molar-refractivity contribution in [1.82, 2.24) is 4.90 Å². The molecule has 5 rings (SSSR count). The highest BCUT2D eigenvalue weighted by molar-refractivity contribution is 6.31. The Labute approximate surface area is 156 Å². The molecule has 1 saturated heterocycles. The molecule has 25 heavy (non-hydrogen) atoms. The van der Waals surface area contributed by atoms with E-state index in [0.717, 1.165) is 10.9 Å². The summed E-state index contributed by atoms with van der Waals surface area (Å²) in [5.41, 5.74) is 7.03. The average Bonchev–Trinajstić information content (AvgIpc) is 3.22. The van der Waals surface area contributed by atoms with Crippen molar-refractivity contribution in [1.29, 1.82) is 0 Å². The number of benzene rings is 2. The fourth-order valence-electron chi connectivity index (χ4n) is 4.84. The highest BCUT2D eigenvalue weighted by atomic mass is 35.5. The van der Waals surface area contributed by atoms with Gasteiger partial charge in [0.25, 0.3) is 0 Å². The summed E-state index contributed by atoms with van der Waals surface area (Å²) in [6.07, 6.45) is 6.46. The Hall–Kier alpha value is -1.31. The fraction of sp³-hybridized carbons (Fsp3) is 0.478. The molecule has 2 aromatic rings. The van der Waals surface area contributed by atoms with Crippen LogP contribution in [0.25, 0.3) is 11.1 Å². The van der Waals surface area contributed by atoms with Crippen LogP contribution in [0.2, 0.25) is 5.02 Å². The maximum atomic E-state index is 6.55. The minimum Gasteiger partial charge on any atom is -0.296 e. The van der Waals surface area contributed by atoms with Crippen LogP contribution in [0.5, 0.6) is 0 Å². The minimum absolute atomic E-state index is 0.648. The Kier molecular flexibility index (Phi) is 3.91. The number of likely N-dealkylation sites (tertiary alicyclic amines) is 1. The quantitative estimate of drug-likeness (QED) is 0.635. The van der Waals surface area contributed by atoms with Crippen molar-refractivity contribution >= 4 is 11.6 Å². The predicted molar refractivity (Wildman–Crippen MR) is 105 cm³/mol. The van der Waals surface area contributed by atoms with E-state index in [9.17, 15) is 0 Å². The number of hydrogen-bond acceptors (Lipinski definition) is 1. The lowest BCUT2D eigenvalue weighted by atomic mass is 9.98. The van der Waals surface area contributed by atoms with E-state index in [0.29, 0.717) is 12.0 Å². The molecule has 2 aliphatic carbocycles. The van der Waals surface area contributed by atoms with E-state index >= 15 is 0 Å². The summed E-state index contributed by atoms with van der Waals surface area (Å²) in [7, 11) is 0. The van der Waals surface area contributed by atoms with E-state index in [1.807, 2.05) is 0 Å². The standard InChI is InChI=1S/C23H26ClN/c1-15-10-11-25(14-15)23-9-6-19-12-17(5-8-21(19)23)18-4-7-20(16-2-3-16)22(24)13-18/h4-5,7-8,12-13,15-16,23H,2-3,6,9-11,14H2,1H3. The third-order valence-corrected chi connectivity index (χ3v) is 6.76. The molecule has 2 fully saturated rings. The molecule has 0 aromatic heterocycles. The lowest BCUT2D eigenvalue weighted by Gasteiger charge is -2.24. The van der Waals surface area contributed by atoms with Crippen molar-refractivity contribution in [2.24, 2.45) is 5.92 Å². The Balaban J connectivity index is 1.42. The molecule has 0 amide bonds. The first kappa shape index (κ1) is 15.9. The first-order chi connectivity index (χ1) is 12.2. The number of nitrogens with zero attached hydrogens (tertiary/aromatic N) is 1. The molecule has 130 valence electrons. The van der Waals surface area contributed by atoms with E-state index in [2.05, 4.69) is 48.2 Å². The SMILES string of the molecule is CC1CCN(C2CCc3cc(-c4ccc(C5CC5)c(Cl)c4)ccc32)C1. The largest absolute Gasteiger partial charge is 0.296 e. The zero-order chi connectivity index (χ0) is 17.0. The van der Waals surface area contributed by atoms with Crippen LogP contribution < -0.4 is 0 Å². The van der Waals surface area contributed by atoms with Gasteiger partial charge in [0.1, 0.15) is 0 Å². The summed E-state index contributed by atoms with van der Waals surface area (Å²) in [6.45, 7) is 4.92. The fourth-order valence-corrected chi connectivity index (χ4v) is 5.17. The van der Waals surface area contributed by atoms with Crippen LogP contribution in [0.4, 0.5) is 0 Å². The Morgan fingerprint density at radius 3 is 2.36 bits per heavy atom. The molecule has 1 heterocycles. The van der Waals surface area contributed by atoms with E-state index in [1.165, 1.54) is 61.9 Å². The molecule has 1 saturated carbocycles. The number of hydrogen-bond donors (Lipinski definition) is 0. The summed E-state index contributed by atoms with van der Waals surface area (Å²) in [5.74, 6) is 1.57. The second-order valence-electron chi connectivity index (χ2n) is 8.37. The van der Waals surface area contributed by atoms with Gasteiger partial charge in [0.15, 0.2) is 0 Å². The van der Waals surface area contributed by atoms with Gasteiger partial charge in [0.05, 0.1) is 0 Å². The molecule has 1 nitrogen and oxygen atoms in total. The van der Waals surface area contributed by atoms with Crippen molar-refractivity contribution in [2.45, 2.75) is 51.0 Å². The van der Waals surface area contributed by atoms with E-state index < -0.39 is 0 Å². The lowest BCUT2D eigenvalue weighted by Crippen LogP contribution is -2.24. The molecule has 2 unspecified atom stereocenters. The predicted octanol–water partition coefficient (Wildman–Crippen LogP) is 6.21. The van der Waals surface area contributed by atoms with Crippen LogP contribution in [-0.4, -0.2) is 18.0 Å². The molecule has 3 aliphatic rings. The topological polar surface area (TPSA) is 3.24 Å². The first-order valence-electron chi connectivity index (χ1n) is 9.86. The number of fused-ring (bicyclic) bond motifs is 1. The molecule has 1 aliphatic heterocycles. The highest BCUT2D eigenvalue weighted by Crippen LogP contribution is 2.45. The molecule has 0 N–H and O–H groups in total. The van der Waals surface area contributed by atoms with Crippen LogP contribution in [0.1, 0.15) is 61.3 Å². The zero-order valence-electron chi connectivity index (χ0n) is 15.0. The van der Waals surface area contributed by atoms with E-state index in [-0.39, 0.29) is 0 Å². The average molecular weight is 352 g/mol. The first-order valence-corrected chi connectivity index (χ1v) is 10.2. The van der Waals surface area contributed by atoms with Crippen LogP contribution >= 0.6 is 11.6 Å². The Morgan fingerprint density at radius 2 is 1.68 bits per heavy atom. The van der Waals surface area contributed by atoms with Crippen LogP contribution in [-0.2, 0) is 6.42 Å². The van der Waals surface area contributed by atoms with Gasteiger partial charge < -0.3 is 0 Å². The van der Waals surface area contributed by atoms with Gasteiger partial charge in [-0.2, -0.15) is 0 Å². The number of halogens is 1. The van der Waals surface area contributed by atoms with Crippen LogP contribution in [0.3, 0.4) is 0 Å². The molecule has 2 aromatic carbocycles. The van der Waals surface area contributed by atoms with Gasteiger partial charge in [-0.05, 0) is 84.4 Å². The van der Waals surface area contributed by atoms with Gasteiger partial charge in [0, 0.05) is 17.6 Å². The summed E-state index contributed by atoms with van der Waals surface area (Å²) >= 11 is 6.55. The normalized spacial score (nSPS) is 26.2. The summed E-state index contributed by atoms with van der Waals surface area (Å²) < 4.78 is 0. The van der Waals surface area contributed by atoms with Crippen molar-refractivity contribution in [3.63, 3.8) is 0 Å². The van der Waals surface area contributed by atoms with Crippen LogP contribution in [0, 0.1) is 5.92 Å². The van der Waals surface area contributed by atoms with E-state index in [4.69, 9.17) is 11.6 Å². The summed E-state index contributed by atoms with van der Waals surface area (Å²) in [5, 5.41) is 0.949. The van der Waals surface area contributed by atoms with Crippen LogP contribution in [0.15, 0.2) is 36.4 Å². The van der Waals surface area contributed by atoms with Crippen molar-refractivity contribution in [2.75, 3.05) is 13.1 Å². The minimum atomic E-state index is 0.648. The second kappa shape index (κ2) is 6.14. The molecule has 0 spiro atoms. The highest BCUT2D eigenvalue weighted by Gasteiger charge is 2.32. The third kappa shape index (κ3) is 2.92. The summed E-state index contributed by atoms with van der Waals surface area (Å²) in [4.78, 5) is 2.71. The number of aryl methyl sites for hydroxylation is 1. The third-order valence-electron chi connectivity index (χ3n) is 6.44. The molecular formula is C23H26ClN. The molecule has 0 bridgehead atoms. The molecular weight excluding hydrogens is 326 g/mol. The van der Waals surface area contributed by atoms with Gasteiger partial charge in [0.2, 0.25) is 0 Å². The molecule has 2 heteroatoms. The monoisotopic (exact) mass is 351 g/mol. The van der Waals surface area contributed by atoms with Gasteiger partial charge in [-0.3, -0.25) is 4.90 Å². The van der Waals surface area contributed by atoms with Gasteiger partial charge >= 0.3 is 0 Å². The Morgan fingerprint density at radius 1 is 0.920 bits per heavy atom. The maximum Gasteiger partial charge on any atom is 0.0446 e. The van der Waals surface area contributed by atoms with E-state index in [1.54, 1.807) is 11.1 Å².